The molecule has 0 aliphatic carbocycles. The molecule has 25 heteroatoms. The van der Waals surface area contributed by atoms with E-state index >= 15 is 0 Å². The van der Waals surface area contributed by atoms with Gasteiger partial charge in [-0.25, -0.2) is 33.3 Å². The predicted molar refractivity (Wildman–Crippen MR) is 406 cm³/mol. The van der Waals surface area contributed by atoms with E-state index in [1.807, 2.05) is 151 Å². The number of aromatic carboxylic acids is 1. The molecule has 2 aliphatic heterocycles. The van der Waals surface area contributed by atoms with Crippen molar-refractivity contribution in [3.05, 3.63) is 198 Å². The Bertz CT molecular complexity index is 4260. The van der Waals surface area contributed by atoms with Crippen LogP contribution in [0.25, 0.3) is 33.8 Å². The third-order valence-electron chi connectivity index (χ3n) is 19.0. The van der Waals surface area contributed by atoms with E-state index in [0.717, 1.165) is 52.8 Å². The Labute approximate surface area is 625 Å². The van der Waals surface area contributed by atoms with Gasteiger partial charge in [0.1, 0.15) is 35.4 Å². The Morgan fingerprint density at radius 1 is 0.542 bits per heavy atom. The maximum Gasteiger partial charge on any atom is 0.410 e. The molecule has 107 heavy (non-hydrogen) atoms. The highest BCUT2D eigenvalue weighted by Crippen LogP contribution is 2.31. The van der Waals surface area contributed by atoms with Gasteiger partial charge in [0.05, 0.1) is 35.7 Å². The molecule has 5 aromatic carbocycles. The molecule has 23 nitrogen and oxygen atoms in total. The van der Waals surface area contributed by atoms with Gasteiger partial charge in [-0.05, 0) is 136 Å². The smallest absolute Gasteiger partial charge is 0.410 e. The van der Waals surface area contributed by atoms with Crippen molar-refractivity contribution in [3.8, 4) is 33.8 Å². The number of amides is 7. The lowest BCUT2D eigenvalue weighted by molar-refractivity contribution is -0.141. The zero-order chi connectivity index (χ0) is 77.9. The molecule has 6 N–H and O–H groups in total. The third kappa shape index (κ3) is 23.1. The van der Waals surface area contributed by atoms with Gasteiger partial charge in [-0.1, -0.05) is 171 Å². The van der Waals surface area contributed by atoms with Gasteiger partial charge in [-0.2, -0.15) is 0 Å². The topological polar surface area (TPSA) is 292 Å². The first-order valence-corrected chi connectivity index (χ1v) is 36.5. The first kappa shape index (κ1) is 81.8. The summed E-state index contributed by atoms with van der Waals surface area (Å²) in [7, 11) is 1.49. The average molecular weight is 1470 g/mol. The molecule has 8 aromatic rings. The van der Waals surface area contributed by atoms with Crippen LogP contribution in [0.2, 0.25) is 0 Å². The van der Waals surface area contributed by atoms with E-state index in [0.29, 0.717) is 69.8 Å². The highest BCUT2D eigenvalue weighted by molar-refractivity contribution is 5.94. The summed E-state index contributed by atoms with van der Waals surface area (Å²) in [5, 5.41) is 14.6. The number of aromatic nitrogens is 6. The minimum absolute atomic E-state index is 0.0381. The van der Waals surface area contributed by atoms with Crippen molar-refractivity contribution in [3.63, 3.8) is 0 Å². The number of nitrogens with one attached hydrogen (secondary N) is 5. The lowest BCUT2D eigenvalue weighted by Crippen LogP contribution is -2.59. The van der Waals surface area contributed by atoms with Crippen LogP contribution in [0.4, 0.5) is 13.6 Å². The number of benzene rings is 5. The Kier molecular flexibility index (Phi) is 28.2. The molecule has 0 unspecified atom stereocenters. The molecule has 0 radical (unpaired) electrons. The third-order valence-corrected chi connectivity index (χ3v) is 19.0. The number of carbonyl (C=O) groups excluding carboxylic acids is 7. The average Bonchev–Trinajstić information content (AvgIpc) is 1.74. The molecule has 0 saturated carbocycles. The van der Waals surface area contributed by atoms with Crippen LogP contribution in [-0.2, 0) is 36.8 Å². The van der Waals surface area contributed by atoms with Crippen molar-refractivity contribution < 1.29 is 57.0 Å². The van der Waals surface area contributed by atoms with Crippen LogP contribution in [0.15, 0.2) is 158 Å². The zero-order valence-electron chi connectivity index (χ0n) is 63.6. The standard InChI is InChI=1S/C38H51FN6O5.C34H44FN5O3.C10H8N2O2/c1-25(43(8)36(49)50-38(5,6)7)33(46)42-31(37(2,3)4)34(47)45-21-12-15-29(45)24-44(22-20-26-16-18-28(39)19-17-26)35(48)32-40-23-30(41-32)27-13-10-9-11-14-27;1-6-23(2)31(41)38-29(34(3,4)5)32(42)40-19-10-13-27(40)22-39(20-18-24-14-16-26(35)17-15-24)33(43)30-36-21-28(37-30)25-11-8-7-9-12-25;13-10(14)9-11-6-8(12-9)7-4-2-1-3-5-7/h9-11,13-14,16-19,23,25,29,31H,12,15,20-22,24H2,1-8H3,(H,40,41)(H,42,46);7-9,11-12,14-17,21,23,27,29H,6,10,13,18-20,22H2,1-5H3,(H,36,37)(H,38,41);1-6H,(H,11,12)(H,13,14)/t25-,29-,31+;23-,27+,29-;/m01./s1. The second-order valence-electron chi connectivity index (χ2n) is 30.4. The number of ether oxygens (including phenoxy) is 1. The molecule has 2 aliphatic rings. The molecule has 2 fully saturated rings. The number of carboxylic acid groups (broad SMARTS) is 1. The fourth-order valence-electron chi connectivity index (χ4n) is 12.4. The van der Waals surface area contributed by atoms with Crippen molar-refractivity contribution in [2.24, 2.45) is 16.7 Å². The predicted octanol–water partition coefficient (Wildman–Crippen LogP) is 12.9. The van der Waals surface area contributed by atoms with Gasteiger partial charge in [0.25, 0.3) is 11.8 Å². The number of carbonyl (C=O) groups is 8. The molecule has 3 aromatic heterocycles. The Morgan fingerprint density at radius 2 is 0.897 bits per heavy atom. The van der Waals surface area contributed by atoms with Crippen LogP contribution >= 0.6 is 0 Å². The number of likely N-dealkylation sites (N-methyl/N-ethyl adjacent to an activating group) is 1. The summed E-state index contributed by atoms with van der Waals surface area (Å²) in [6, 6.07) is 38.2. The van der Waals surface area contributed by atoms with Gasteiger partial charge in [-0.3, -0.25) is 33.7 Å². The Morgan fingerprint density at radius 3 is 1.23 bits per heavy atom. The zero-order valence-corrected chi connectivity index (χ0v) is 63.6. The monoisotopic (exact) mass is 1470 g/mol. The van der Waals surface area contributed by atoms with E-state index in [4.69, 9.17) is 9.84 Å². The molecule has 7 amide bonds. The van der Waals surface area contributed by atoms with E-state index in [1.54, 1.807) is 79.1 Å². The first-order chi connectivity index (χ1) is 50.7. The lowest BCUT2D eigenvalue weighted by atomic mass is 9.85. The van der Waals surface area contributed by atoms with Crippen LogP contribution in [0.1, 0.15) is 158 Å². The molecular formula is C82H103F2N13O10. The van der Waals surface area contributed by atoms with Crippen molar-refractivity contribution in [1.29, 1.82) is 0 Å². The number of hydrogen-bond donors (Lipinski definition) is 6. The van der Waals surface area contributed by atoms with E-state index < -0.39 is 52.5 Å². The number of carboxylic acids is 1. The number of hydrogen-bond acceptors (Lipinski definition) is 12. The number of rotatable bonds is 24. The van der Waals surface area contributed by atoms with Gasteiger partial charge in [0.15, 0.2) is 11.6 Å². The van der Waals surface area contributed by atoms with Crippen molar-refractivity contribution >= 4 is 47.5 Å². The fraction of sp³-hybridized carbons (Fsp3) is 0.427. The van der Waals surface area contributed by atoms with Crippen LogP contribution in [0.5, 0.6) is 0 Å². The van der Waals surface area contributed by atoms with Gasteiger partial charge in [-0.15, -0.1) is 0 Å². The summed E-state index contributed by atoms with van der Waals surface area (Å²) in [5.74, 6) is -3.08. The second kappa shape index (κ2) is 36.9. The van der Waals surface area contributed by atoms with Crippen molar-refractivity contribution in [1.82, 2.24) is 65.0 Å². The molecule has 570 valence electrons. The van der Waals surface area contributed by atoms with E-state index in [-0.39, 0.29) is 83.2 Å². The van der Waals surface area contributed by atoms with E-state index in [1.165, 1.54) is 42.4 Å². The number of likely N-dealkylation sites (tertiary alicyclic amines) is 2. The second-order valence-corrected chi connectivity index (χ2v) is 30.4. The fourth-order valence-corrected chi connectivity index (χ4v) is 12.4. The van der Waals surface area contributed by atoms with E-state index in [9.17, 15) is 47.1 Å². The summed E-state index contributed by atoms with van der Waals surface area (Å²) in [5.41, 5.74) is 4.79. The van der Waals surface area contributed by atoms with Crippen LogP contribution < -0.4 is 10.6 Å². The maximum atomic E-state index is 14.3. The van der Waals surface area contributed by atoms with Gasteiger partial charge in [0.2, 0.25) is 29.5 Å². The quantitative estimate of drug-likeness (QED) is 0.0328. The number of imidazole rings is 3. The number of nitrogens with zero attached hydrogens (tertiary/aromatic N) is 8. The minimum atomic E-state index is -1.05. The normalized spacial score (nSPS) is 15.4. The highest BCUT2D eigenvalue weighted by Gasteiger charge is 2.44. The summed E-state index contributed by atoms with van der Waals surface area (Å²) in [6.07, 6.45) is 8.80. The van der Waals surface area contributed by atoms with Gasteiger partial charge in [0, 0.05) is 64.3 Å². The molecule has 2 saturated heterocycles. The van der Waals surface area contributed by atoms with E-state index in [2.05, 4.69) is 40.5 Å². The summed E-state index contributed by atoms with van der Waals surface area (Å²) in [4.78, 5) is 136. The maximum absolute atomic E-state index is 14.3. The first-order valence-electron chi connectivity index (χ1n) is 36.5. The largest absolute Gasteiger partial charge is 0.475 e. The Balaban J connectivity index is 0.000000229. The van der Waals surface area contributed by atoms with Crippen LogP contribution in [-0.4, -0.2) is 189 Å². The molecule has 5 heterocycles. The highest BCUT2D eigenvalue weighted by atomic mass is 19.1. The summed E-state index contributed by atoms with van der Waals surface area (Å²) >= 11 is 0. The Hall–Kier alpha value is -10.9. The summed E-state index contributed by atoms with van der Waals surface area (Å²) < 4.78 is 32.6. The lowest BCUT2D eigenvalue weighted by Gasteiger charge is -2.38. The molecular weight excluding hydrogens is 1360 g/mol. The SMILES string of the molecule is CC[C@@H](C)C(=O)N[C@H](C(=O)N1CCC[C@H]1CN(CCc1ccc(F)cc1)C(=O)c1ncc(-c2ccccc2)[nH]1)C(C)(C)C.C[C@@H](C(=O)N[C@H](C(=O)N1CCC[C@H]1CN(CCc1ccc(F)cc1)C(=O)c1ncc(-c2ccccc2)[nH]1)C(C)(C)C)N(C)C(=O)OC(C)(C)C.O=C(O)c1ncc(-c2ccccc2)[nH]1. The van der Waals surface area contributed by atoms with Crippen LogP contribution in [0.3, 0.4) is 0 Å². The number of aromatic amines is 3. The number of halogens is 2. The molecule has 6 atom stereocenters. The van der Waals surface area contributed by atoms with Crippen LogP contribution in [0, 0.1) is 28.4 Å². The molecule has 0 bridgehead atoms. The number of H-pyrrole nitrogens is 3. The van der Waals surface area contributed by atoms with Crippen molar-refractivity contribution in [2.45, 2.75) is 164 Å². The molecule has 10 rings (SSSR count). The summed E-state index contributed by atoms with van der Waals surface area (Å²) in [6.45, 7) is 24.4. The molecule has 0 spiro atoms. The van der Waals surface area contributed by atoms with Gasteiger partial charge >= 0.3 is 12.1 Å². The van der Waals surface area contributed by atoms with Gasteiger partial charge < -0.3 is 55.0 Å². The van der Waals surface area contributed by atoms with Crippen molar-refractivity contribution in [2.75, 3.05) is 46.3 Å². The minimum Gasteiger partial charge on any atom is -0.475 e.